The Morgan fingerprint density at radius 3 is 2.67 bits per heavy atom. The number of non-ortho nitro benzene ring substituents is 1. The number of halogens is 1. The van der Waals surface area contributed by atoms with Crippen LogP contribution in [0.25, 0.3) is 10.9 Å². The fourth-order valence-electron chi connectivity index (χ4n) is 4.14. The first-order valence-electron chi connectivity index (χ1n) is 10.5. The summed E-state index contributed by atoms with van der Waals surface area (Å²) in [5, 5.41) is 11.7. The lowest BCUT2D eigenvalue weighted by Gasteiger charge is -2.45. The van der Waals surface area contributed by atoms with E-state index < -0.39 is 4.92 Å². The molecule has 0 amide bonds. The van der Waals surface area contributed by atoms with Crippen molar-refractivity contribution in [2.75, 3.05) is 13.3 Å². The molecule has 4 rings (SSSR count). The standard InChI is InChI=1S/C24H23FN4O4/c1-16-12-27(17(2)22(14-30)28(16)13-18-5-7-19(25)8-6-18)15-33-23-10-9-21(29(31)32)20-4-3-11-26-24(20)23/h3-11,16-17H,12-13,15H2,1-2H3/t16-,17+/m1/s1. The van der Waals surface area contributed by atoms with Crippen LogP contribution in [-0.2, 0) is 11.3 Å². The summed E-state index contributed by atoms with van der Waals surface area (Å²) in [6.45, 7) is 5.17. The smallest absolute Gasteiger partial charge is 0.279 e. The molecule has 1 fully saturated rings. The number of piperazine rings is 1. The van der Waals surface area contributed by atoms with E-state index in [2.05, 4.69) is 10.9 Å². The maximum absolute atomic E-state index is 13.2. The van der Waals surface area contributed by atoms with Crippen LogP contribution in [0.5, 0.6) is 5.75 Å². The van der Waals surface area contributed by atoms with Crippen LogP contribution in [0, 0.1) is 15.9 Å². The molecular formula is C24H23FN4O4. The third kappa shape index (κ3) is 4.55. The van der Waals surface area contributed by atoms with Gasteiger partial charge in [-0.05, 0) is 49.7 Å². The molecule has 2 aromatic carbocycles. The van der Waals surface area contributed by atoms with E-state index in [1.54, 1.807) is 36.5 Å². The molecule has 3 aromatic rings. The lowest BCUT2D eigenvalue weighted by molar-refractivity contribution is -0.383. The maximum Gasteiger partial charge on any atom is 0.279 e. The molecule has 0 radical (unpaired) electrons. The van der Waals surface area contributed by atoms with Gasteiger partial charge in [-0.15, -0.1) is 0 Å². The van der Waals surface area contributed by atoms with Crippen molar-refractivity contribution in [2.24, 2.45) is 0 Å². The summed E-state index contributed by atoms with van der Waals surface area (Å²) in [4.78, 5) is 31.0. The minimum absolute atomic E-state index is 0.0157. The summed E-state index contributed by atoms with van der Waals surface area (Å²) in [5.41, 5.74) is 1.77. The molecule has 0 unspecified atom stereocenters. The van der Waals surface area contributed by atoms with Crippen LogP contribution in [0.4, 0.5) is 10.1 Å². The fourth-order valence-corrected chi connectivity index (χ4v) is 4.14. The van der Waals surface area contributed by atoms with Crippen LogP contribution >= 0.6 is 0 Å². The van der Waals surface area contributed by atoms with E-state index >= 15 is 0 Å². The van der Waals surface area contributed by atoms with Crippen LogP contribution < -0.4 is 4.74 Å². The van der Waals surface area contributed by atoms with E-state index in [0.717, 1.165) is 5.56 Å². The number of hydrogen-bond acceptors (Lipinski definition) is 7. The topological polar surface area (TPSA) is 88.8 Å². The van der Waals surface area contributed by atoms with Crippen LogP contribution in [0.2, 0.25) is 0 Å². The maximum atomic E-state index is 13.2. The minimum Gasteiger partial charge on any atom is -0.476 e. The van der Waals surface area contributed by atoms with Gasteiger partial charge in [-0.3, -0.25) is 20.0 Å². The van der Waals surface area contributed by atoms with E-state index in [0.29, 0.717) is 35.4 Å². The summed E-state index contributed by atoms with van der Waals surface area (Å²) in [6.07, 6.45) is 1.56. The van der Waals surface area contributed by atoms with Gasteiger partial charge in [-0.2, -0.15) is 0 Å². The van der Waals surface area contributed by atoms with Crippen molar-refractivity contribution >= 4 is 22.5 Å². The van der Waals surface area contributed by atoms with E-state index in [-0.39, 0.29) is 30.3 Å². The molecule has 0 saturated carbocycles. The predicted molar refractivity (Wildman–Crippen MR) is 121 cm³/mol. The molecule has 2 heterocycles. The molecule has 0 bridgehead atoms. The molecule has 1 saturated heterocycles. The Bertz CT molecular complexity index is 1230. The van der Waals surface area contributed by atoms with Crippen LogP contribution in [0.15, 0.2) is 60.4 Å². The average molecular weight is 450 g/mol. The van der Waals surface area contributed by atoms with Crippen LogP contribution in [0.1, 0.15) is 19.4 Å². The monoisotopic (exact) mass is 450 g/mol. The summed E-state index contributed by atoms with van der Waals surface area (Å²) in [6, 6.07) is 12.2. The van der Waals surface area contributed by atoms with Crippen molar-refractivity contribution in [2.45, 2.75) is 32.5 Å². The zero-order valence-electron chi connectivity index (χ0n) is 18.3. The Balaban J connectivity index is 1.51. The number of nitro benzene ring substituents is 1. The fraction of sp³-hybridized carbons (Fsp3) is 0.292. The quantitative estimate of drug-likeness (QED) is 0.319. The normalized spacial score (nSPS) is 18.9. The number of nitrogens with zero attached hydrogens (tertiary/aromatic N) is 4. The molecule has 1 aliphatic heterocycles. The number of ether oxygens (including phenoxy) is 1. The second-order valence-corrected chi connectivity index (χ2v) is 8.05. The largest absolute Gasteiger partial charge is 0.476 e. The van der Waals surface area contributed by atoms with Crippen LogP contribution in [0.3, 0.4) is 0 Å². The number of nitro groups is 1. The molecule has 1 aromatic heterocycles. The summed E-state index contributed by atoms with van der Waals surface area (Å²) in [5.74, 6) is 2.21. The zero-order chi connectivity index (χ0) is 23.5. The Kier molecular flexibility index (Phi) is 6.35. The van der Waals surface area contributed by atoms with Gasteiger partial charge in [0.25, 0.3) is 5.69 Å². The van der Waals surface area contributed by atoms with Gasteiger partial charge >= 0.3 is 0 Å². The highest BCUT2D eigenvalue weighted by atomic mass is 19.1. The number of pyridine rings is 1. The number of aromatic nitrogens is 1. The van der Waals surface area contributed by atoms with Crippen LogP contribution in [-0.4, -0.2) is 51.0 Å². The van der Waals surface area contributed by atoms with Crippen molar-refractivity contribution in [1.82, 2.24) is 14.8 Å². The molecule has 0 N–H and O–H groups in total. The van der Waals surface area contributed by atoms with E-state index in [1.807, 2.05) is 23.6 Å². The summed E-state index contributed by atoms with van der Waals surface area (Å²) in [7, 11) is 0. The Hall–Kier alpha value is -3.81. The molecule has 0 aliphatic carbocycles. The SMILES string of the molecule is C[C@@H]1CN(COc2ccc([N+](=O)[O-])c3cccnc23)[C@@H](C)C(=C=O)N1Cc1ccc(F)cc1. The second kappa shape index (κ2) is 9.36. The molecule has 8 nitrogen and oxygen atoms in total. The van der Waals surface area contributed by atoms with Gasteiger partial charge in [0.1, 0.15) is 35.5 Å². The highest BCUT2D eigenvalue weighted by Crippen LogP contribution is 2.32. The van der Waals surface area contributed by atoms with Crippen molar-refractivity contribution in [1.29, 1.82) is 0 Å². The van der Waals surface area contributed by atoms with Gasteiger partial charge in [0.2, 0.25) is 0 Å². The number of rotatable bonds is 6. The molecule has 0 spiro atoms. The lowest BCUT2D eigenvalue weighted by atomic mass is 10.0. The highest BCUT2D eigenvalue weighted by molar-refractivity contribution is 5.92. The second-order valence-electron chi connectivity index (χ2n) is 8.05. The third-order valence-electron chi connectivity index (χ3n) is 5.95. The Morgan fingerprint density at radius 1 is 1.21 bits per heavy atom. The summed E-state index contributed by atoms with van der Waals surface area (Å²) >= 11 is 0. The van der Waals surface area contributed by atoms with Gasteiger partial charge in [-0.1, -0.05) is 12.1 Å². The lowest BCUT2D eigenvalue weighted by Crippen LogP contribution is -2.55. The average Bonchev–Trinajstić information content (AvgIpc) is 2.81. The predicted octanol–water partition coefficient (Wildman–Crippen LogP) is 3.93. The van der Waals surface area contributed by atoms with Crippen molar-refractivity contribution < 1.29 is 18.8 Å². The zero-order valence-corrected chi connectivity index (χ0v) is 18.3. The van der Waals surface area contributed by atoms with Crippen molar-refractivity contribution in [3.05, 3.63) is 81.9 Å². The van der Waals surface area contributed by atoms with E-state index in [4.69, 9.17) is 4.74 Å². The first kappa shape index (κ1) is 22.4. The molecule has 2 atom stereocenters. The van der Waals surface area contributed by atoms with Gasteiger partial charge in [0.05, 0.1) is 16.4 Å². The third-order valence-corrected chi connectivity index (χ3v) is 5.95. The van der Waals surface area contributed by atoms with Crippen molar-refractivity contribution in [3.8, 4) is 5.75 Å². The minimum atomic E-state index is -0.445. The number of fused-ring (bicyclic) bond motifs is 1. The summed E-state index contributed by atoms with van der Waals surface area (Å²) < 4.78 is 19.3. The first-order chi connectivity index (χ1) is 15.9. The Labute approximate surface area is 190 Å². The number of carbonyl (C=O) groups excluding carboxylic acids is 1. The van der Waals surface area contributed by atoms with Crippen molar-refractivity contribution in [3.63, 3.8) is 0 Å². The highest BCUT2D eigenvalue weighted by Gasteiger charge is 2.34. The van der Waals surface area contributed by atoms with Gasteiger partial charge < -0.3 is 9.64 Å². The molecular weight excluding hydrogens is 427 g/mol. The Morgan fingerprint density at radius 2 is 1.97 bits per heavy atom. The van der Waals surface area contributed by atoms with Gasteiger partial charge in [0.15, 0.2) is 0 Å². The molecule has 1 aliphatic rings. The molecule has 170 valence electrons. The molecule has 9 heteroatoms. The number of hydrogen-bond donors (Lipinski definition) is 0. The van der Waals surface area contributed by atoms with Gasteiger partial charge in [-0.25, -0.2) is 9.18 Å². The van der Waals surface area contributed by atoms with E-state index in [9.17, 15) is 19.3 Å². The first-order valence-corrected chi connectivity index (χ1v) is 10.5. The number of benzene rings is 2. The van der Waals surface area contributed by atoms with E-state index in [1.165, 1.54) is 18.2 Å². The molecule has 33 heavy (non-hydrogen) atoms. The van der Waals surface area contributed by atoms with Gasteiger partial charge in [0, 0.05) is 31.4 Å².